The van der Waals surface area contributed by atoms with E-state index in [0.717, 1.165) is 25.0 Å². The van der Waals surface area contributed by atoms with E-state index < -0.39 is 47.3 Å². The van der Waals surface area contributed by atoms with Gasteiger partial charge in [0.25, 0.3) is 23.6 Å². The van der Waals surface area contributed by atoms with E-state index in [-0.39, 0.29) is 62.2 Å². The Morgan fingerprint density at radius 2 is 1.02 bits per heavy atom. The second-order valence-electron chi connectivity index (χ2n) is 14.2. The van der Waals surface area contributed by atoms with Gasteiger partial charge in [-0.15, -0.1) is 34.8 Å². The third kappa shape index (κ3) is 14.6. The van der Waals surface area contributed by atoms with Crippen LogP contribution in [0, 0.1) is 0 Å². The summed E-state index contributed by atoms with van der Waals surface area (Å²) < 4.78 is 5.74. The highest BCUT2D eigenvalue weighted by molar-refractivity contribution is 6.35. The third-order valence-corrected chi connectivity index (χ3v) is 10.4. The van der Waals surface area contributed by atoms with E-state index in [2.05, 4.69) is 41.7 Å². The number of ether oxygens (including phenoxy) is 1. The molecule has 0 saturated heterocycles. The van der Waals surface area contributed by atoms with Gasteiger partial charge in [-0.2, -0.15) is 20.5 Å². The van der Waals surface area contributed by atoms with Crippen LogP contribution in [0.4, 0.5) is 34.1 Å². The number of hydrogen-bond donors (Lipinski definition) is 4. The molecule has 5 aromatic rings. The SMILES string of the molecule is CC(=O)C(N=Nc1ccc(Cl)c(C(=O)Nc2cccc(CCCl)c2)c1)C(=O)Nc1ccc(NC(=O)C(N=Nc2ccc(Cl)c(C(=O)Nc3cccc(CCCl)c3)c2)C(C)=O)c(OCCCl)c1. The Morgan fingerprint density at radius 3 is 1.47 bits per heavy atom. The van der Waals surface area contributed by atoms with Gasteiger partial charge in [-0.05, 0) is 111 Å². The van der Waals surface area contributed by atoms with Crippen LogP contribution in [0.3, 0.4) is 0 Å². The van der Waals surface area contributed by atoms with Crippen LogP contribution >= 0.6 is 58.0 Å². The fourth-order valence-electron chi connectivity index (χ4n) is 5.99. The van der Waals surface area contributed by atoms with Gasteiger partial charge in [0.05, 0.1) is 44.1 Å². The fourth-order valence-corrected chi connectivity index (χ4v) is 6.91. The number of anilines is 4. The normalized spacial score (nSPS) is 12.0. The number of Topliss-reactive ketones (excluding diaryl/α,β-unsaturated/α-hetero) is 2. The number of alkyl halides is 3. The number of hydrogen-bond acceptors (Lipinski definition) is 11. The first-order chi connectivity index (χ1) is 31.7. The summed E-state index contributed by atoms with van der Waals surface area (Å²) >= 11 is 30.3. The Bertz CT molecular complexity index is 2680. The zero-order valence-electron chi connectivity index (χ0n) is 35.2. The molecular weight excluding hydrogens is 954 g/mol. The Hall–Kier alpha value is -6.23. The Labute approximate surface area is 404 Å². The average molecular weight is 995 g/mol. The van der Waals surface area contributed by atoms with Crippen LogP contribution in [0.1, 0.15) is 45.7 Å². The van der Waals surface area contributed by atoms with Crippen molar-refractivity contribution < 1.29 is 33.5 Å². The van der Waals surface area contributed by atoms with Crippen LogP contribution < -0.4 is 26.0 Å². The number of nitrogens with zero attached hydrogens (tertiary/aromatic N) is 4. The lowest BCUT2D eigenvalue weighted by Crippen LogP contribution is -2.32. The summed E-state index contributed by atoms with van der Waals surface area (Å²) in [7, 11) is 0. The molecule has 342 valence electrons. The lowest BCUT2D eigenvalue weighted by Gasteiger charge is -2.16. The van der Waals surface area contributed by atoms with Crippen molar-refractivity contribution in [2.45, 2.75) is 38.8 Å². The minimum atomic E-state index is -1.63. The summed E-state index contributed by atoms with van der Waals surface area (Å²) in [5.41, 5.74) is 3.57. The number of halogens is 5. The van der Waals surface area contributed by atoms with E-state index in [0.29, 0.717) is 36.0 Å². The van der Waals surface area contributed by atoms with E-state index in [1.54, 1.807) is 36.4 Å². The number of carbonyl (C=O) groups excluding carboxylic acids is 6. The van der Waals surface area contributed by atoms with Crippen LogP contribution in [-0.2, 0) is 32.0 Å². The maximum absolute atomic E-state index is 13.5. The van der Waals surface area contributed by atoms with Crippen molar-refractivity contribution in [3.8, 4) is 5.75 Å². The van der Waals surface area contributed by atoms with Gasteiger partial charge in [0.2, 0.25) is 12.1 Å². The number of azo groups is 2. The van der Waals surface area contributed by atoms with Gasteiger partial charge in [-0.1, -0.05) is 47.5 Å². The number of rotatable bonds is 21. The van der Waals surface area contributed by atoms with Crippen LogP contribution in [0.5, 0.6) is 5.75 Å². The topological polar surface area (TPSA) is 209 Å². The van der Waals surface area contributed by atoms with E-state index >= 15 is 0 Å². The van der Waals surface area contributed by atoms with Gasteiger partial charge in [0.15, 0.2) is 11.6 Å². The molecule has 0 radical (unpaired) electrons. The predicted octanol–water partition coefficient (Wildman–Crippen LogP) is 11.0. The van der Waals surface area contributed by atoms with Crippen molar-refractivity contribution in [3.63, 3.8) is 0 Å². The molecule has 20 heteroatoms. The molecule has 5 aromatic carbocycles. The molecule has 0 aliphatic carbocycles. The molecule has 0 bridgehead atoms. The number of nitrogens with one attached hydrogen (secondary N) is 4. The minimum Gasteiger partial charge on any atom is -0.490 e. The highest BCUT2D eigenvalue weighted by Gasteiger charge is 2.26. The fraction of sp³-hybridized carbons (Fsp3) is 0.217. The molecule has 0 aliphatic heterocycles. The van der Waals surface area contributed by atoms with E-state index in [9.17, 15) is 28.8 Å². The van der Waals surface area contributed by atoms with Crippen LogP contribution in [-0.4, -0.2) is 71.5 Å². The summed E-state index contributed by atoms with van der Waals surface area (Å²) in [6.07, 6.45) is 1.23. The van der Waals surface area contributed by atoms with Crippen LogP contribution in [0.15, 0.2) is 124 Å². The second kappa shape index (κ2) is 24.9. The zero-order valence-corrected chi connectivity index (χ0v) is 39.0. The Morgan fingerprint density at radius 1 is 0.545 bits per heavy atom. The van der Waals surface area contributed by atoms with E-state index in [1.165, 1.54) is 54.6 Å². The number of amides is 4. The van der Waals surface area contributed by atoms with Gasteiger partial charge in [0, 0.05) is 34.9 Å². The Kier molecular flexibility index (Phi) is 19.1. The first-order valence-electron chi connectivity index (χ1n) is 20.0. The summed E-state index contributed by atoms with van der Waals surface area (Å²) in [6, 6.07) is 23.8. The molecule has 4 N–H and O–H groups in total. The molecule has 0 aliphatic rings. The summed E-state index contributed by atoms with van der Waals surface area (Å²) in [5, 5.41) is 27.1. The molecule has 0 spiro atoms. The van der Waals surface area contributed by atoms with Crippen LogP contribution in [0.25, 0.3) is 0 Å². The van der Waals surface area contributed by atoms with Gasteiger partial charge < -0.3 is 26.0 Å². The number of carbonyl (C=O) groups is 6. The number of benzene rings is 5. The largest absolute Gasteiger partial charge is 0.490 e. The van der Waals surface area contributed by atoms with Gasteiger partial charge in [-0.3, -0.25) is 28.8 Å². The summed E-state index contributed by atoms with van der Waals surface area (Å²) in [4.78, 5) is 78.5. The number of ketones is 2. The first kappa shape index (κ1) is 50.8. The molecule has 4 amide bonds. The van der Waals surface area contributed by atoms with E-state index in [1.807, 2.05) is 12.1 Å². The molecule has 5 rings (SSSR count). The van der Waals surface area contributed by atoms with Crippen molar-refractivity contribution in [2.24, 2.45) is 20.5 Å². The maximum atomic E-state index is 13.5. The van der Waals surface area contributed by atoms with Crippen molar-refractivity contribution in [3.05, 3.63) is 135 Å². The molecule has 0 saturated carbocycles. The molecular formula is C46H41Cl5N8O7. The lowest BCUT2D eigenvalue weighted by molar-refractivity contribution is -0.127. The average Bonchev–Trinajstić information content (AvgIpc) is 3.27. The van der Waals surface area contributed by atoms with E-state index in [4.69, 9.17) is 62.7 Å². The number of aryl methyl sites for hydroxylation is 2. The van der Waals surface area contributed by atoms with Gasteiger partial charge in [0.1, 0.15) is 12.4 Å². The molecule has 0 aromatic heterocycles. The molecule has 2 atom stereocenters. The van der Waals surface area contributed by atoms with Crippen molar-refractivity contribution in [2.75, 3.05) is 45.5 Å². The van der Waals surface area contributed by atoms with Crippen molar-refractivity contribution in [1.29, 1.82) is 0 Å². The standard InChI is InChI=1S/C46H41Cl5N8O7/c1-26(60)41(58-56-33-9-12-37(50)35(23-33)43(62)52-30-7-3-5-28(21-30)15-17-47)45(64)54-32-11-14-39(40(25-32)66-20-19-49)55-46(65)42(27(2)61)59-57-34-10-13-38(51)36(24-34)44(63)53-31-8-4-6-29(22-31)16-18-48/h3-14,21-25,41-42H,15-20H2,1-2H3,(H,52,62)(H,53,63)(H,54,64)(H,55,65). The second-order valence-corrected chi connectivity index (χ2v) is 16.1. The lowest BCUT2D eigenvalue weighted by atomic mass is 10.1. The smallest absolute Gasteiger partial charge is 0.258 e. The van der Waals surface area contributed by atoms with Gasteiger partial charge in [-0.25, -0.2) is 0 Å². The maximum Gasteiger partial charge on any atom is 0.258 e. The highest BCUT2D eigenvalue weighted by Crippen LogP contribution is 2.31. The van der Waals surface area contributed by atoms with Crippen molar-refractivity contribution in [1.82, 2.24) is 0 Å². The van der Waals surface area contributed by atoms with Crippen molar-refractivity contribution >= 4 is 127 Å². The monoisotopic (exact) mass is 992 g/mol. The summed E-state index contributed by atoms with van der Waals surface area (Å²) in [5.74, 6) is -3.15. The molecule has 15 nitrogen and oxygen atoms in total. The third-order valence-electron chi connectivity index (χ3n) is 9.21. The molecule has 0 heterocycles. The zero-order chi connectivity index (χ0) is 47.8. The first-order valence-corrected chi connectivity index (χ1v) is 22.3. The highest BCUT2D eigenvalue weighted by atomic mass is 35.5. The van der Waals surface area contributed by atoms with Crippen LogP contribution in [0.2, 0.25) is 10.0 Å². The Balaban J connectivity index is 1.28. The quantitative estimate of drug-likeness (QED) is 0.0317. The summed E-state index contributed by atoms with van der Waals surface area (Å²) in [6.45, 7) is 2.30. The molecule has 0 fully saturated rings. The molecule has 2 unspecified atom stereocenters. The minimum absolute atomic E-state index is 0.0190. The predicted molar refractivity (Wildman–Crippen MR) is 258 cm³/mol. The molecule has 66 heavy (non-hydrogen) atoms. The van der Waals surface area contributed by atoms with Gasteiger partial charge >= 0.3 is 0 Å².